The van der Waals surface area contributed by atoms with Gasteiger partial charge in [0.05, 0.1) is 12.2 Å². The lowest BCUT2D eigenvalue weighted by Crippen LogP contribution is -2.49. The van der Waals surface area contributed by atoms with Gasteiger partial charge in [-0.1, -0.05) is 0 Å². The van der Waals surface area contributed by atoms with E-state index in [4.69, 9.17) is 4.74 Å². The highest BCUT2D eigenvalue weighted by molar-refractivity contribution is 4.93. The summed E-state index contributed by atoms with van der Waals surface area (Å²) in [5.41, 5.74) is 0.341. The Kier molecular flexibility index (Phi) is 1.90. The van der Waals surface area contributed by atoms with Crippen LogP contribution in [0.5, 0.6) is 0 Å². The first-order valence-corrected chi connectivity index (χ1v) is 4.66. The number of nitrogens with one attached hydrogen (secondary N) is 1. The monoisotopic (exact) mass is 155 g/mol. The van der Waals surface area contributed by atoms with E-state index in [2.05, 4.69) is 12.4 Å². The van der Waals surface area contributed by atoms with E-state index in [1.807, 2.05) is 0 Å². The Labute approximate surface area is 68.3 Å². The molecule has 0 amide bonds. The standard InChI is InChI=1S/C9H17NO/c1-10-8-2-4-9(5-3-8)6-7-11-9/h8,10H,2-7H2,1H3. The van der Waals surface area contributed by atoms with Crippen molar-refractivity contribution in [2.75, 3.05) is 13.7 Å². The molecule has 1 saturated heterocycles. The van der Waals surface area contributed by atoms with Gasteiger partial charge < -0.3 is 10.1 Å². The van der Waals surface area contributed by atoms with Crippen molar-refractivity contribution in [2.45, 2.75) is 43.7 Å². The minimum atomic E-state index is 0.341. The lowest BCUT2D eigenvalue weighted by Gasteiger charge is -2.46. The fraction of sp³-hybridized carbons (Fsp3) is 1.00. The maximum atomic E-state index is 5.62. The summed E-state index contributed by atoms with van der Waals surface area (Å²) in [6, 6.07) is 0.754. The molecule has 2 heteroatoms. The summed E-state index contributed by atoms with van der Waals surface area (Å²) in [4.78, 5) is 0. The molecule has 0 atom stereocenters. The van der Waals surface area contributed by atoms with Crippen molar-refractivity contribution in [2.24, 2.45) is 0 Å². The summed E-state index contributed by atoms with van der Waals surface area (Å²) >= 11 is 0. The molecule has 1 aliphatic heterocycles. The molecule has 11 heavy (non-hydrogen) atoms. The molecule has 1 spiro atoms. The first-order valence-electron chi connectivity index (χ1n) is 4.66. The van der Waals surface area contributed by atoms with Crippen molar-refractivity contribution in [3.05, 3.63) is 0 Å². The molecule has 2 rings (SSSR count). The second-order valence-corrected chi connectivity index (χ2v) is 3.84. The Balaban J connectivity index is 1.84. The first-order chi connectivity index (χ1) is 5.35. The minimum Gasteiger partial charge on any atom is -0.375 e. The molecular weight excluding hydrogens is 138 g/mol. The third kappa shape index (κ3) is 1.30. The summed E-state index contributed by atoms with van der Waals surface area (Å²) < 4.78 is 5.62. The van der Waals surface area contributed by atoms with Gasteiger partial charge in [0.15, 0.2) is 0 Å². The van der Waals surface area contributed by atoms with Crippen molar-refractivity contribution in [3.63, 3.8) is 0 Å². The highest BCUT2D eigenvalue weighted by Crippen LogP contribution is 2.40. The van der Waals surface area contributed by atoms with Gasteiger partial charge in [0, 0.05) is 6.04 Å². The van der Waals surface area contributed by atoms with Gasteiger partial charge in [0.2, 0.25) is 0 Å². The Morgan fingerprint density at radius 3 is 2.27 bits per heavy atom. The SMILES string of the molecule is CNC1CCC2(CCO2)CC1. The molecule has 1 heterocycles. The van der Waals surface area contributed by atoms with Gasteiger partial charge in [-0.3, -0.25) is 0 Å². The molecule has 2 aliphatic rings. The molecule has 0 aromatic carbocycles. The summed E-state index contributed by atoms with van der Waals surface area (Å²) in [5, 5.41) is 3.33. The lowest BCUT2D eigenvalue weighted by atomic mass is 9.77. The number of hydrogen-bond acceptors (Lipinski definition) is 2. The van der Waals surface area contributed by atoms with Crippen molar-refractivity contribution in [1.82, 2.24) is 5.32 Å². The van der Waals surface area contributed by atoms with Crippen molar-refractivity contribution < 1.29 is 4.74 Å². The van der Waals surface area contributed by atoms with E-state index in [-0.39, 0.29) is 0 Å². The van der Waals surface area contributed by atoms with Crippen LogP contribution in [0, 0.1) is 0 Å². The molecule has 2 fully saturated rings. The van der Waals surface area contributed by atoms with Crippen molar-refractivity contribution in [1.29, 1.82) is 0 Å². The average molecular weight is 155 g/mol. The molecule has 0 unspecified atom stereocenters. The zero-order valence-electron chi connectivity index (χ0n) is 7.23. The van der Waals surface area contributed by atoms with E-state index in [1.165, 1.54) is 32.1 Å². The minimum absolute atomic E-state index is 0.341. The third-order valence-corrected chi connectivity index (χ3v) is 3.27. The van der Waals surface area contributed by atoms with E-state index < -0.39 is 0 Å². The molecule has 1 aliphatic carbocycles. The van der Waals surface area contributed by atoms with E-state index in [0.29, 0.717) is 5.60 Å². The molecule has 0 aromatic rings. The van der Waals surface area contributed by atoms with Gasteiger partial charge in [0.25, 0.3) is 0 Å². The maximum Gasteiger partial charge on any atom is 0.0705 e. The van der Waals surface area contributed by atoms with Crippen LogP contribution in [0.25, 0.3) is 0 Å². The second-order valence-electron chi connectivity index (χ2n) is 3.84. The zero-order valence-corrected chi connectivity index (χ0v) is 7.23. The van der Waals surface area contributed by atoms with E-state index in [0.717, 1.165) is 12.6 Å². The van der Waals surface area contributed by atoms with Crippen LogP contribution in [0.3, 0.4) is 0 Å². The van der Waals surface area contributed by atoms with Crippen LogP contribution in [0.4, 0.5) is 0 Å². The largest absolute Gasteiger partial charge is 0.375 e. The fourth-order valence-corrected chi connectivity index (χ4v) is 2.22. The van der Waals surface area contributed by atoms with Crippen LogP contribution in [0.1, 0.15) is 32.1 Å². The van der Waals surface area contributed by atoms with Gasteiger partial charge >= 0.3 is 0 Å². The van der Waals surface area contributed by atoms with Crippen molar-refractivity contribution >= 4 is 0 Å². The zero-order chi connectivity index (χ0) is 7.73. The van der Waals surface area contributed by atoms with Crippen LogP contribution in [0.15, 0.2) is 0 Å². The fourth-order valence-electron chi connectivity index (χ4n) is 2.22. The predicted molar refractivity (Wildman–Crippen MR) is 44.6 cm³/mol. The summed E-state index contributed by atoms with van der Waals surface area (Å²) in [5.74, 6) is 0. The summed E-state index contributed by atoms with van der Waals surface area (Å²) in [6.07, 6.45) is 6.47. The Hall–Kier alpha value is -0.0800. The summed E-state index contributed by atoms with van der Waals surface area (Å²) in [6.45, 7) is 1.00. The second kappa shape index (κ2) is 2.76. The molecule has 2 nitrogen and oxygen atoms in total. The van der Waals surface area contributed by atoms with Crippen LogP contribution >= 0.6 is 0 Å². The van der Waals surface area contributed by atoms with E-state index >= 15 is 0 Å². The Morgan fingerprint density at radius 1 is 1.27 bits per heavy atom. The molecule has 64 valence electrons. The Bertz CT molecular complexity index is 132. The normalized spacial score (nSPS) is 43.9. The van der Waals surface area contributed by atoms with Crippen LogP contribution in [0.2, 0.25) is 0 Å². The van der Waals surface area contributed by atoms with Crippen LogP contribution in [-0.4, -0.2) is 25.3 Å². The smallest absolute Gasteiger partial charge is 0.0705 e. The highest BCUT2D eigenvalue weighted by Gasteiger charge is 2.40. The van der Waals surface area contributed by atoms with Gasteiger partial charge in [-0.25, -0.2) is 0 Å². The lowest BCUT2D eigenvalue weighted by molar-refractivity contribution is -0.167. The Morgan fingerprint density at radius 2 is 1.91 bits per heavy atom. The van der Waals surface area contributed by atoms with Crippen LogP contribution in [-0.2, 0) is 4.74 Å². The van der Waals surface area contributed by atoms with E-state index in [1.54, 1.807) is 0 Å². The van der Waals surface area contributed by atoms with Gasteiger partial charge in [0.1, 0.15) is 0 Å². The predicted octanol–water partition coefficient (Wildman–Crippen LogP) is 1.31. The first kappa shape index (κ1) is 7.56. The number of hydrogen-bond donors (Lipinski definition) is 1. The van der Waals surface area contributed by atoms with Gasteiger partial charge in [-0.05, 0) is 39.2 Å². The molecule has 0 radical (unpaired) electrons. The van der Waals surface area contributed by atoms with Gasteiger partial charge in [-0.2, -0.15) is 0 Å². The molecule has 1 saturated carbocycles. The number of ether oxygens (including phenoxy) is 1. The quantitative estimate of drug-likeness (QED) is 0.616. The van der Waals surface area contributed by atoms with Crippen molar-refractivity contribution in [3.8, 4) is 0 Å². The highest BCUT2D eigenvalue weighted by atomic mass is 16.5. The third-order valence-electron chi connectivity index (χ3n) is 3.27. The maximum absolute atomic E-state index is 5.62. The molecule has 1 N–H and O–H groups in total. The van der Waals surface area contributed by atoms with Gasteiger partial charge in [-0.15, -0.1) is 0 Å². The topological polar surface area (TPSA) is 21.3 Å². The number of rotatable bonds is 1. The van der Waals surface area contributed by atoms with Crippen LogP contribution < -0.4 is 5.32 Å². The molecule has 0 bridgehead atoms. The van der Waals surface area contributed by atoms with E-state index in [9.17, 15) is 0 Å². The molecular formula is C9H17NO. The molecule has 0 aromatic heterocycles. The summed E-state index contributed by atoms with van der Waals surface area (Å²) in [7, 11) is 2.06. The average Bonchev–Trinajstić information content (AvgIpc) is 2.02.